The summed E-state index contributed by atoms with van der Waals surface area (Å²) in [4.78, 5) is 4.35. The zero-order valence-corrected chi connectivity index (χ0v) is 14.5. The molecule has 0 radical (unpaired) electrons. The normalized spacial score (nSPS) is 16.9. The van der Waals surface area contributed by atoms with E-state index in [0.29, 0.717) is 5.92 Å². The average molecular weight is 323 g/mol. The summed E-state index contributed by atoms with van der Waals surface area (Å²) < 4.78 is 0. The molecule has 0 fully saturated rings. The van der Waals surface area contributed by atoms with Gasteiger partial charge in [-0.15, -0.1) is 0 Å². The second kappa shape index (κ2) is 5.70. The molecule has 1 heterocycles. The van der Waals surface area contributed by atoms with Gasteiger partial charge in [0.25, 0.3) is 0 Å². The summed E-state index contributed by atoms with van der Waals surface area (Å²) in [5, 5.41) is 5.48. The van der Waals surface area contributed by atoms with E-state index in [-0.39, 0.29) is 0 Å². The fourth-order valence-electron chi connectivity index (χ4n) is 4.50. The van der Waals surface area contributed by atoms with E-state index in [1.807, 2.05) is 18.5 Å². The molecule has 122 valence electrons. The fourth-order valence-corrected chi connectivity index (χ4v) is 4.50. The highest BCUT2D eigenvalue weighted by atomic mass is 14.6. The third-order valence-electron chi connectivity index (χ3n) is 5.76. The van der Waals surface area contributed by atoms with Crippen LogP contribution in [0.5, 0.6) is 0 Å². The van der Waals surface area contributed by atoms with E-state index in [2.05, 4.69) is 60.4 Å². The van der Waals surface area contributed by atoms with Crippen molar-refractivity contribution in [2.75, 3.05) is 0 Å². The van der Waals surface area contributed by atoms with Crippen LogP contribution in [0.2, 0.25) is 0 Å². The van der Waals surface area contributed by atoms with Crippen LogP contribution in [0.3, 0.4) is 0 Å². The predicted molar refractivity (Wildman–Crippen MR) is 106 cm³/mol. The Balaban J connectivity index is 1.93. The van der Waals surface area contributed by atoms with Gasteiger partial charge in [-0.2, -0.15) is 0 Å². The van der Waals surface area contributed by atoms with E-state index >= 15 is 0 Å². The van der Waals surface area contributed by atoms with Crippen molar-refractivity contribution in [3.05, 3.63) is 78.1 Å². The van der Waals surface area contributed by atoms with Crippen LogP contribution in [0.1, 0.15) is 36.8 Å². The van der Waals surface area contributed by atoms with Crippen LogP contribution in [-0.4, -0.2) is 4.98 Å². The molecule has 1 atom stereocenters. The summed E-state index contributed by atoms with van der Waals surface area (Å²) in [5.74, 6) is 0.668. The van der Waals surface area contributed by atoms with Crippen molar-refractivity contribution >= 4 is 21.5 Å². The van der Waals surface area contributed by atoms with Crippen LogP contribution in [0, 0.1) is 0 Å². The molecule has 0 aliphatic heterocycles. The number of rotatable bonds is 1. The lowest BCUT2D eigenvalue weighted by Crippen LogP contribution is -2.07. The van der Waals surface area contributed by atoms with Crippen molar-refractivity contribution < 1.29 is 0 Å². The van der Waals surface area contributed by atoms with Gasteiger partial charge in [-0.3, -0.25) is 4.98 Å². The van der Waals surface area contributed by atoms with Gasteiger partial charge in [0.05, 0.1) is 0 Å². The van der Waals surface area contributed by atoms with E-state index in [1.54, 1.807) is 11.1 Å². The Morgan fingerprint density at radius 3 is 2.56 bits per heavy atom. The summed E-state index contributed by atoms with van der Waals surface area (Å²) in [5.41, 5.74) is 5.60. The van der Waals surface area contributed by atoms with Crippen LogP contribution in [0.15, 0.2) is 67.0 Å². The van der Waals surface area contributed by atoms with Crippen molar-refractivity contribution in [1.82, 2.24) is 4.98 Å². The highest BCUT2D eigenvalue weighted by Gasteiger charge is 2.20. The first-order chi connectivity index (χ1) is 12.3. The first-order valence-corrected chi connectivity index (χ1v) is 9.20. The molecule has 0 bridgehead atoms. The summed E-state index contributed by atoms with van der Waals surface area (Å²) in [6, 6.07) is 20.1. The lowest BCUT2D eigenvalue weighted by Gasteiger charge is -2.25. The van der Waals surface area contributed by atoms with Crippen LogP contribution in [0.25, 0.3) is 32.7 Å². The van der Waals surface area contributed by atoms with Crippen LogP contribution in [0.4, 0.5) is 0 Å². The molecular formula is C24H21N. The van der Waals surface area contributed by atoms with Gasteiger partial charge in [0, 0.05) is 18.0 Å². The number of pyridine rings is 1. The topological polar surface area (TPSA) is 12.9 Å². The van der Waals surface area contributed by atoms with E-state index in [1.165, 1.54) is 51.9 Å². The average Bonchev–Trinajstić information content (AvgIpc) is 2.68. The number of hydrogen-bond acceptors (Lipinski definition) is 1. The summed E-state index contributed by atoms with van der Waals surface area (Å²) in [6.07, 6.45) is 7.62. The van der Waals surface area contributed by atoms with Crippen molar-refractivity contribution in [3.8, 4) is 11.1 Å². The summed E-state index contributed by atoms with van der Waals surface area (Å²) >= 11 is 0. The highest BCUT2D eigenvalue weighted by Crippen LogP contribution is 2.41. The molecule has 1 aromatic heterocycles. The Labute approximate surface area is 148 Å². The Morgan fingerprint density at radius 1 is 0.880 bits per heavy atom. The largest absolute Gasteiger partial charge is 0.264 e. The smallest absolute Gasteiger partial charge is 0.0346 e. The lowest BCUT2D eigenvalue weighted by atomic mass is 9.80. The van der Waals surface area contributed by atoms with Gasteiger partial charge < -0.3 is 0 Å². The Hall–Kier alpha value is -2.67. The molecule has 5 rings (SSSR count). The van der Waals surface area contributed by atoms with Crippen molar-refractivity contribution in [2.24, 2.45) is 0 Å². The molecule has 1 aliphatic rings. The maximum Gasteiger partial charge on any atom is 0.0346 e. The molecule has 0 spiro atoms. The summed E-state index contributed by atoms with van der Waals surface area (Å²) in [7, 11) is 0. The minimum Gasteiger partial charge on any atom is -0.264 e. The molecule has 25 heavy (non-hydrogen) atoms. The molecule has 1 nitrogen and oxygen atoms in total. The van der Waals surface area contributed by atoms with E-state index < -0.39 is 0 Å². The van der Waals surface area contributed by atoms with Gasteiger partial charge >= 0.3 is 0 Å². The number of nitrogens with zero attached hydrogens (tertiary/aromatic N) is 1. The molecule has 0 N–H and O–H groups in total. The number of aromatic nitrogens is 1. The number of benzene rings is 3. The van der Waals surface area contributed by atoms with Gasteiger partial charge in [0.1, 0.15) is 0 Å². The van der Waals surface area contributed by atoms with E-state index in [4.69, 9.17) is 0 Å². The minimum atomic E-state index is 0.668. The molecular weight excluding hydrogens is 302 g/mol. The van der Waals surface area contributed by atoms with Gasteiger partial charge in [-0.05, 0) is 75.5 Å². The molecule has 0 saturated carbocycles. The maximum absolute atomic E-state index is 4.35. The molecule has 4 aromatic rings. The first kappa shape index (κ1) is 14.7. The molecule has 3 aromatic carbocycles. The minimum absolute atomic E-state index is 0.668. The molecule has 0 saturated heterocycles. The van der Waals surface area contributed by atoms with Gasteiger partial charge in [-0.1, -0.05) is 49.4 Å². The van der Waals surface area contributed by atoms with Crippen LogP contribution in [-0.2, 0) is 6.42 Å². The van der Waals surface area contributed by atoms with Crippen molar-refractivity contribution in [1.29, 1.82) is 0 Å². The highest BCUT2D eigenvalue weighted by molar-refractivity contribution is 6.14. The number of aryl methyl sites for hydroxylation is 1. The third-order valence-corrected chi connectivity index (χ3v) is 5.76. The molecule has 1 heteroatoms. The number of fused-ring (bicyclic) bond motifs is 5. The third kappa shape index (κ3) is 2.26. The predicted octanol–water partition coefficient (Wildman–Crippen LogP) is 6.49. The second-order valence-electron chi connectivity index (χ2n) is 7.23. The SMILES string of the molecule is CC1CCCc2c1ccc1c2cc(-c2cccnc2)c2ccccc21. The number of hydrogen-bond donors (Lipinski definition) is 0. The zero-order chi connectivity index (χ0) is 16.8. The lowest BCUT2D eigenvalue weighted by molar-refractivity contribution is 0.593. The van der Waals surface area contributed by atoms with Gasteiger partial charge in [-0.25, -0.2) is 0 Å². The maximum atomic E-state index is 4.35. The first-order valence-electron chi connectivity index (χ1n) is 9.20. The second-order valence-corrected chi connectivity index (χ2v) is 7.23. The molecule has 1 unspecified atom stereocenters. The van der Waals surface area contributed by atoms with E-state index in [0.717, 1.165) is 0 Å². The van der Waals surface area contributed by atoms with Gasteiger partial charge in [0.2, 0.25) is 0 Å². The fraction of sp³-hybridized carbons (Fsp3) is 0.208. The van der Waals surface area contributed by atoms with Crippen LogP contribution < -0.4 is 0 Å². The Kier molecular flexibility index (Phi) is 3.34. The van der Waals surface area contributed by atoms with Crippen molar-refractivity contribution in [2.45, 2.75) is 32.1 Å². The monoisotopic (exact) mass is 323 g/mol. The molecule has 0 amide bonds. The summed E-state index contributed by atoms with van der Waals surface area (Å²) in [6.45, 7) is 2.37. The zero-order valence-electron chi connectivity index (χ0n) is 14.5. The Morgan fingerprint density at radius 2 is 1.72 bits per heavy atom. The van der Waals surface area contributed by atoms with Crippen LogP contribution >= 0.6 is 0 Å². The quantitative estimate of drug-likeness (QED) is 0.365. The van der Waals surface area contributed by atoms with E-state index in [9.17, 15) is 0 Å². The van der Waals surface area contributed by atoms with Gasteiger partial charge in [0.15, 0.2) is 0 Å². The standard InChI is InChI=1S/C24H21N/c1-16-6-4-10-19-18(16)11-12-22-20-8-2-3-9-21(20)23(14-24(19)22)17-7-5-13-25-15-17/h2-3,5,7-9,11-16H,4,6,10H2,1H3. The molecule has 1 aliphatic carbocycles. The Bertz CT molecular complexity index is 1080. The van der Waals surface area contributed by atoms with Crippen molar-refractivity contribution in [3.63, 3.8) is 0 Å².